The van der Waals surface area contributed by atoms with Crippen LogP contribution in [0.3, 0.4) is 0 Å². The van der Waals surface area contributed by atoms with Crippen LogP contribution in [0.5, 0.6) is 11.5 Å². The molecule has 0 bridgehead atoms. The van der Waals surface area contributed by atoms with E-state index in [1.165, 1.54) is 30.3 Å². The Morgan fingerprint density at radius 1 is 1.19 bits per heavy atom. The number of nitrogens with zero attached hydrogens (tertiary/aromatic N) is 1. The Balaban J connectivity index is 1.60. The van der Waals surface area contributed by atoms with Crippen LogP contribution in [0.2, 0.25) is 0 Å². The zero-order valence-corrected chi connectivity index (χ0v) is 14.2. The van der Waals surface area contributed by atoms with E-state index in [4.69, 9.17) is 4.74 Å². The number of carbonyl (C=O) groups excluding carboxylic acids is 1. The van der Waals surface area contributed by atoms with Gasteiger partial charge >= 0.3 is 0 Å². The molecule has 7 heteroatoms. The molecule has 138 valence electrons. The number of nitrogens with one attached hydrogen (secondary N) is 1. The first-order valence-electron chi connectivity index (χ1n) is 8.39. The average molecular weight is 360 g/mol. The number of hydrogen-bond donors (Lipinski definition) is 3. The highest BCUT2D eigenvalue weighted by molar-refractivity contribution is 5.94. The largest absolute Gasteiger partial charge is 0.504 e. The van der Waals surface area contributed by atoms with Gasteiger partial charge < -0.3 is 20.3 Å². The second kappa shape index (κ2) is 8.16. The molecule has 0 saturated carbocycles. The third-order valence-electron chi connectivity index (χ3n) is 4.38. The molecular formula is C19H21FN2O4. The molecule has 1 amide bonds. The van der Waals surface area contributed by atoms with Crippen LogP contribution in [0.25, 0.3) is 0 Å². The summed E-state index contributed by atoms with van der Waals surface area (Å²) in [7, 11) is 0. The maximum atomic E-state index is 13.1. The first kappa shape index (κ1) is 18.2. The Morgan fingerprint density at radius 2 is 1.96 bits per heavy atom. The first-order valence-corrected chi connectivity index (χ1v) is 8.39. The highest BCUT2D eigenvalue weighted by Gasteiger charge is 2.24. The van der Waals surface area contributed by atoms with E-state index in [0.717, 1.165) is 12.1 Å². The van der Waals surface area contributed by atoms with E-state index in [2.05, 4.69) is 10.2 Å². The number of phenols is 2. The van der Waals surface area contributed by atoms with E-state index in [0.29, 0.717) is 26.3 Å². The van der Waals surface area contributed by atoms with E-state index in [1.54, 1.807) is 12.1 Å². The van der Waals surface area contributed by atoms with Gasteiger partial charge in [0.2, 0.25) is 0 Å². The Morgan fingerprint density at radius 3 is 2.69 bits per heavy atom. The van der Waals surface area contributed by atoms with Crippen molar-refractivity contribution in [2.45, 2.75) is 12.6 Å². The third kappa shape index (κ3) is 4.50. The van der Waals surface area contributed by atoms with Gasteiger partial charge in [-0.1, -0.05) is 12.1 Å². The van der Waals surface area contributed by atoms with Gasteiger partial charge in [0.15, 0.2) is 11.5 Å². The van der Waals surface area contributed by atoms with Crippen molar-refractivity contribution in [3.05, 3.63) is 59.4 Å². The summed E-state index contributed by atoms with van der Waals surface area (Å²) >= 11 is 0. The molecule has 1 aliphatic heterocycles. The Kier molecular flexibility index (Phi) is 5.70. The van der Waals surface area contributed by atoms with Crippen LogP contribution in [0.15, 0.2) is 42.5 Å². The predicted molar refractivity (Wildman–Crippen MR) is 93.5 cm³/mol. The number of phenolic OH excluding ortho intramolecular Hbond substituents is 2. The summed E-state index contributed by atoms with van der Waals surface area (Å²) < 4.78 is 18.6. The normalized spacial score (nSPS) is 17.8. The van der Waals surface area contributed by atoms with Crippen molar-refractivity contribution in [2.75, 3.05) is 26.3 Å². The van der Waals surface area contributed by atoms with Crippen molar-refractivity contribution in [1.29, 1.82) is 0 Å². The predicted octanol–water partition coefficient (Wildman–Crippen LogP) is 1.87. The first-order chi connectivity index (χ1) is 12.5. The molecule has 0 radical (unpaired) electrons. The van der Waals surface area contributed by atoms with Gasteiger partial charge in [-0.3, -0.25) is 9.69 Å². The number of hydrogen-bond acceptors (Lipinski definition) is 5. The molecule has 1 atom stereocenters. The molecule has 1 heterocycles. The molecule has 3 N–H and O–H groups in total. The lowest BCUT2D eigenvalue weighted by atomic mass is 10.1. The van der Waals surface area contributed by atoms with Crippen molar-refractivity contribution < 1.29 is 24.1 Å². The van der Waals surface area contributed by atoms with Gasteiger partial charge in [-0.25, -0.2) is 4.39 Å². The minimum absolute atomic E-state index is 0.0107. The van der Waals surface area contributed by atoms with Crippen molar-refractivity contribution in [1.82, 2.24) is 10.2 Å². The van der Waals surface area contributed by atoms with Gasteiger partial charge in [-0.15, -0.1) is 0 Å². The van der Waals surface area contributed by atoms with Gasteiger partial charge in [0, 0.05) is 25.2 Å². The number of rotatable bonds is 5. The van der Waals surface area contributed by atoms with Crippen molar-refractivity contribution in [3.63, 3.8) is 0 Å². The molecule has 1 fully saturated rings. The number of benzene rings is 2. The van der Waals surface area contributed by atoms with Crippen LogP contribution in [-0.4, -0.2) is 53.4 Å². The number of aromatic hydroxyl groups is 2. The molecule has 0 aliphatic carbocycles. The maximum absolute atomic E-state index is 13.1. The average Bonchev–Trinajstić information content (AvgIpc) is 2.65. The fourth-order valence-corrected chi connectivity index (χ4v) is 2.89. The lowest BCUT2D eigenvalue weighted by molar-refractivity contribution is -0.0105. The molecule has 26 heavy (non-hydrogen) atoms. The molecular weight excluding hydrogens is 339 g/mol. The lowest BCUT2D eigenvalue weighted by Crippen LogP contribution is -2.50. The third-order valence-corrected chi connectivity index (χ3v) is 4.38. The van der Waals surface area contributed by atoms with Gasteiger partial charge in [-0.05, 0) is 35.9 Å². The Hall–Kier alpha value is -2.64. The number of carbonyl (C=O) groups is 1. The summed E-state index contributed by atoms with van der Waals surface area (Å²) in [6.45, 7) is 2.84. The SMILES string of the molecule is O=C(NCC1COCCN1Cc1ccc(F)cc1)c1ccc(O)c(O)c1. The van der Waals surface area contributed by atoms with Crippen LogP contribution in [0.4, 0.5) is 4.39 Å². The second-order valence-corrected chi connectivity index (χ2v) is 6.24. The van der Waals surface area contributed by atoms with Crippen LogP contribution in [0, 0.1) is 5.82 Å². The summed E-state index contributed by atoms with van der Waals surface area (Å²) in [5.41, 5.74) is 1.26. The number of ether oxygens (including phenoxy) is 1. The molecule has 3 rings (SSSR count). The highest BCUT2D eigenvalue weighted by atomic mass is 19.1. The lowest BCUT2D eigenvalue weighted by Gasteiger charge is -2.35. The fourth-order valence-electron chi connectivity index (χ4n) is 2.89. The standard InChI is InChI=1S/C19H21FN2O4/c20-15-4-1-13(2-5-15)11-22-7-8-26-12-16(22)10-21-19(25)14-3-6-17(23)18(24)9-14/h1-6,9,16,23-24H,7-8,10-12H2,(H,21,25). The fraction of sp³-hybridized carbons (Fsp3) is 0.316. The van der Waals surface area contributed by atoms with E-state index in [-0.39, 0.29) is 34.8 Å². The van der Waals surface area contributed by atoms with Gasteiger partial charge in [0.1, 0.15) is 5.82 Å². The van der Waals surface area contributed by atoms with Gasteiger partial charge in [0.25, 0.3) is 5.91 Å². The molecule has 2 aromatic carbocycles. The zero-order chi connectivity index (χ0) is 18.5. The Bertz CT molecular complexity index is 767. The molecule has 0 aromatic heterocycles. The topological polar surface area (TPSA) is 82.0 Å². The minimum Gasteiger partial charge on any atom is -0.504 e. The monoisotopic (exact) mass is 360 g/mol. The van der Waals surface area contributed by atoms with E-state index < -0.39 is 0 Å². The van der Waals surface area contributed by atoms with Gasteiger partial charge in [-0.2, -0.15) is 0 Å². The number of morpholine rings is 1. The highest BCUT2D eigenvalue weighted by Crippen LogP contribution is 2.24. The van der Waals surface area contributed by atoms with E-state index in [9.17, 15) is 19.4 Å². The summed E-state index contributed by atoms with van der Waals surface area (Å²) in [5, 5.41) is 21.7. The summed E-state index contributed by atoms with van der Waals surface area (Å²) in [6.07, 6.45) is 0. The molecule has 6 nitrogen and oxygen atoms in total. The van der Waals surface area contributed by atoms with Crippen LogP contribution >= 0.6 is 0 Å². The molecule has 0 spiro atoms. The summed E-state index contributed by atoms with van der Waals surface area (Å²) in [5.74, 6) is -1.21. The molecule has 2 aromatic rings. The Labute approximate surface area is 150 Å². The summed E-state index contributed by atoms with van der Waals surface area (Å²) in [6, 6.07) is 10.3. The maximum Gasteiger partial charge on any atom is 0.251 e. The second-order valence-electron chi connectivity index (χ2n) is 6.24. The van der Waals surface area contributed by atoms with E-state index in [1.807, 2.05) is 0 Å². The van der Waals surface area contributed by atoms with E-state index >= 15 is 0 Å². The minimum atomic E-state index is -0.340. The van der Waals surface area contributed by atoms with Crippen LogP contribution < -0.4 is 5.32 Å². The quantitative estimate of drug-likeness (QED) is 0.709. The van der Waals surface area contributed by atoms with Gasteiger partial charge in [0.05, 0.1) is 19.3 Å². The number of amides is 1. The van der Waals surface area contributed by atoms with Crippen LogP contribution in [0.1, 0.15) is 15.9 Å². The molecule has 1 aliphatic rings. The van der Waals surface area contributed by atoms with Crippen molar-refractivity contribution in [3.8, 4) is 11.5 Å². The number of halogens is 1. The molecule has 1 unspecified atom stereocenters. The van der Waals surface area contributed by atoms with Crippen molar-refractivity contribution >= 4 is 5.91 Å². The van der Waals surface area contributed by atoms with Crippen LogP contribution in [-0.2, 0) is 11.3 Å². The zero-order valence-electron chi connectivity index (χ0n) is 14.2. The smallest absolute Gasteiger partial charge is 0.251 e. The molecule has 1 saturated heterocycles. The summed E-state index contributed by atoms with van der Waals surface area (Å²) in [4.78, 5) is 14.4. The van der Waals surface area contributed by atoms with Crippen molar-refractivity contribution in [2.24, 2.45) is 0 Å².